The fraction of sp³-hybridized carbons (Fsp3) is 0.333. The Morgan fingerprint density at radius 1 is 1.24 bits per heavy atom. The number of hydrogen-bond donors (Lipinski definition) is 0. The Balaban J connectivity index is 2.35. The second-order valence-electron chi connectivity index (χ2n) is 5.92. The van der Waals surface area contributed by atoms with Crippen molar-refractivity contribution < 1.29 is 4.79 Å². The summed E-state index contributed by atoms with van der Waals surface area (Å²) in [4.78, 5) is 16.1. The quantitative estimate of drug-likeness (QED) is 0.763. The molecule has 1 aromatic heterocycles. The molecule has 0 aliphatic heterocycles. The molecule has 1 unspecified atom stereocenters. The van der Waals surface area contributed by atoms with Crippen LogP contribution in [0.15, 0.2) is 48.8 Å². The van der Waals surface area contributed by atoms with Crippen LogP contribution in [-0.2, 0) is 16.6 Å². The molecule has 0 amide bonds. The Bertz CT molecular complexity index is 607. The first-order chi connectivity index (χ1) is 9.93. The lowest BCUT2D eigenvalue weighted by atomic mass is 9.78. The van der Waals surface area contributed by atoms with E-state index in [1.807, 2.05) is 31.2 Å². The zero-order valence-electron chi connectivity index (χ0n) is 12.6. The average Bonchev–Trinajstić information content (AvgIpc) is 2.48. The van der Waals surface area contributed by atoms with Crippen molar-refractivity contribution in [1.29, 1.82) is 0 Å². The van der Waals surface area contributed by atoms with Gasteiger partial charge >= 0.3 is 0 Å². The van der Waals surface area contributed by atoms with Crippen molar-refractivity contribution in [1.82, 2.24) is 4.98 Å². The molecule has 1 atom stereocenters. The maximum absolute atomic E-state index is 12.0. The van der Waals surface area contributed by atoms with E-state index in [9.17, 15) is 4.79 Å². The van der Waals surface area contributed by atoms with Gasteiger partial charge in [-0.3, -0.25) is 9.78 Å². The molecular formula is C18H20ClNO. The number of carbonyl (C=O) groups is 1. The number of pyridine rings is 1. The number of aromatic nitrogens is 1. The topological polar surface area (TPSA) is 30.0 Å². The molecule has 0 saturated carbocycles. The molecule has 3 heteroatoms. The highest BCUT2D eigenvalue weighted by atomic mass is 35.5. The van der Waals surface area contributed by atoms with E-state index in [0.717, 1.165) is 11.1 Å². The molecule has 0 bridgehead atoms. The summed E-state index contributed by atoms with van der Waals surface area (Å²) in [6.45, 7) is 6.19. The van der Waals surface area contributed by atoms with Crippen molar-refractivity contribution in [2.45, 2.75) is 38.5 Å². The number of carbonyl (C=O) groups excluding carboxylic acids is 1. The van der Waals surface area contributed by atoms with Crippen molar-refractivity contribution in [3.63, 3.8) is 0 Å². The summed E-state index contributed by atoms with van der Waals surface area (Å²) >= 11 is 5.91. The minimum atomic E-state index is -0.736. The van der Waals surface area contributed by atoms with Gasteiger partial charge in [0.25, 0.3) is 0 Å². The van der Waals surface area contributed by atoms with Crippen molar-refractivity contribution in [2.24, 2.45) is 0 Å². The van der Waals surface area contributed by atoms with Crippen molar-refractivity contribution in [3.05, 3.63) is 65.5 Å². The van der Waals surface area contributed by atoms with Crippen molar-refractivity contribution in [3.8, 4) is 0 Å². The Labute approximate surface area is 131 Å². The van der Waals surface area contributed by atoms with Gasteiger partial charge in [-0.05, 0) is 53.6 Å². The first-order valence-electron chi connectivity index (χ1n) is 7.13. The number of hydrogen-bond acceptors (Lipinski definition) is 2. The van der Waals surface area contributed by atoms with Gasteiger partial charge in [-0.1, -0.05) is 44.2 Å². The van der Waals surface area contributed by atoms with Crippen LogP contribution in [-0.4, -0.2) is 10.2 Å². The zero-order valence-corrected chi connectivity index (χ0v) is 13.4. The summed E-state index contributed by atoms with van der Waals surface area (Å²) in [6, 6.07) is 12.0. The molecule has 1 aromatic carbocycles. The lowest BCUT2D eigenvalue weighted by molar-refractivity contribution is -0.116. The van der Waals surface area contributed by atoms with E-state index in [4.69, 9.17) is 11.6 Å². The van der Waals surface area contributed by atoms with Crippen molar-refractivity contribution in [2.75, 3.05) is 0 Å². The van der Waals surface area contributed by atoms with E-state index in [1.54, 1.807) is 12.4 Å². The highest BCUT2D eigenvalue weighted by Gasteiger charge is 2.34. The minimum absolute atomic E-state index is 0.344. The average molecular weight is 302 g/mol. The third kappa shape index (κ3) is 3.51. The predicted octanol–water partition coefficient (Wildman–Crippen LogP) is 4.47. The molecule has 0 radical (unpaired) electrons. The molecule has 0 aliphatic rings. The Hall–Kier alpha value is -1.67. The zero-order chi connectivity index (χ0) is 15.5. The smallest absolute Gasteiger partial charge is 0.232 e. The third-order valence-electron chi connectivity index (χ3n) is 3.93. The molecule has 2 rings (SSSR count). The molecule has 0 saturated heterocycles. The van der Waals surface area contributed by atoms with Gasteiger partial charge in [0.05, 0.1) is 5.41 Å². The van der Waals surface area contributed by atoms with Crippen LogP contribution >= 0.6 is 11.6 Å². The lowest BCUT2D eigenvalue weighted by Gasteiger charge is -2.26. The SMILES string of the molecule is CC(C)c1ccc(C(C)(Cc2cccnc2)C(=O)Cl)cc1. The standard InChI is InChI=1S/C18H20ClNO/c1-13(2)15-6-8-16(9-7-15)18(3,17(19)21)11-14-5-4-10-20-12-14/h4-10,12-13H,11H2,1-3H3. The first-order valence-corrected chi connectivity index (χ1v) is 7.50. The summed E-state index contributed by atoms with van der Waals surface area (Å²) in [5.41, 5.74) is 2.46. The third-order valence-corrected chi connectivity index (χ3v) is 4.35. The normalized spacial score (nSPS) is 14.0. The second kappa shape index (κ2) is 6.40. The molecule has 110 valence electrons. The monoisotopic (exact) mass is 301 g/mol. The molecule has 21 heavy (non-hydrogen) atoms. The Kier molecular flexibility index (Phi) is 4.79. The summed E-state index contributed by atoms with van der Waals surface area (Å²) in [7, 11) is 0. The molecule has 2 nitrogen and oxygen atoms in total. The molecule has 2 aromatic rings. The van der Waals surface area contributed by atoms with Gasteiger partial charge in [-0.2, -0.15) is 0 Å². The summed E-state index contributed by atoms with van der Waals surface area (Å²) in [5.74, 6) is 0.468. The van der Waals surface area contributed by atoms with Crippen LogP contribution in [0.4, 0.5) is 0 Å². The number of halogens is 1. The van der Waals surface area contributed by atoms with Crippen LogP contribution < -0.4 is 0 Å². The first kappa shape index (κ1) is 15.7. The number of rotatable bonds is 5. The number of benzene rings is 1. The molecule has 0 N–H and O–H groups in total. The van der Waals surface area contributed by atoms with Crippen LogP contribution in [0.5, 0.6) is 0 Å². The Morgan fingerprint density at radius 2 is 1.90 bits per heavy atom. The molecule has 0 aliphatic carbocycles. The predicted molar refractivity (Wildman–Crippen MR) is 86.7 cm³/mol. The van der Waals surface area contributed by atoms with Gasteiger partial charge in [-0.25, -0.2) is 0 Å². The van der Waals surface area contributed by atoms with Crippen LogP contribution in [0.25, 0.3) is 0 Å². The largest absolute Gasteiger partial charge is 0.280 e. The minimum Gasteiger partial charge on any atom is -0.280 e. The maximum atomic E-state index is 12.0. The Morgan fingerprint density at radius 3 is 2.38 bits per heavy atom. The van der Waals surface area contributed by atoms with E-state index in [2.05, 4.69) is 31.0 Å². The molecule has 1 heterocycles. The van der Waals surface area contributed by atoms with Crippen LogP contribution in [0.3, 0.4) is 0 Å². The van der Waals surface area contributed by atoms with Gasteiger partial charge in [0.2, 0.25) is 5.24 Å². The van der Waals surface area contributed by atoms with Gasteiger partial charge < -0.3 is 0 Å². The van der Waals surface area contributed by atoms with Gasteiger partial charge in [-0.15, -0.1) is 0 Å². The molecule has 0 spiro atoms. The summed E-state index contributed by atoms with van der Waals surface area (Å²) in [6.07, 6.45) is 4.05. The molecular weight excluding hydrogens is 282 g/mol. The van der Waals surface area contributed by atoms with Crippen LogP contribution in [0.2, 0.25) is 0 Å². The summed E-state index contributed by atoms with van der Waals surface area (Å²) < 4.78 is 0. The van der Waals surface area contributed by atoms with Crippen LogP contribution in [0.1, 0.15) is 43.4 Å². The second-order valence-corrected chi connectivity index (χ2v) is 6.26. The van der Waals surface area contributed by atoms with Gasteiger partial charge in [0.15, 0.2) is 0 Å². The highest BCUT2D eigenvalue weighted by molar-refractivity contribution is 6.65. The van der Waals surface area contributed by atoms with E-state index in [0.29, 0.717) is 12.3 Å². The number of nitrogens with zero attached hydrogens (tertiary/aromatic N) is 1. The molecule has 0 fully saturated rings. The maximum Gasteiger partial charge on any atom is 0.232 e. The summed E-state index contributed by atoms with van der Waals surface area (Å²) in [5, 5.41) is -0.344. The van der Waals surface area contributed by atoms with Crippen LogP contribution in [0, 0.1) is 0 Å². The lowest BCUT2D eigenvalue weighted by Crippen LogP contribution is -2.31. The van der Waals surface area contributed by atoms with E-state index < -0.39 is 5.41 Å². The fourth-order valence-electron chi connectivity index (χ4n) is 2.43. The van der Waals surface area contributed by atoms with Gasteiger partial charge in [0.1, 0.15) is 0 Å². The highest BCUT2D eigenvalue weighted by Crippen LogP contribution is 2.31. The van der Waals surface area contributed by atoms with E-state index >= 15 is 0 Å². The fourth-order valence-corrected chi connectivity index (χ4v) is 2.61. The van der Waals surface area contributed by atoms with E-state index in [1.165, 1.54) is 5.56 Å². The van der Waals surface area contributed by atoms with E-state index in [-0.39, 0.29) is 5.24 Å². The van der Waals surface area contributed by atoms with Crippen molar-refractivity contribution >= 4 is 16.8 Å². The van der Waals surface area contributed by atoms with Gasteiger partial charge in [0, 0.05) is 12.4 Å².